The molecule has 0 heterocycles. The van der Waals surface area contributed by atoms with Crippen molar-refractivity contribution >= 4 is 53.3 Å². The van der Waals surface area contributed by atoms with Crippen LogP contribution in [0, 0.1) is 5.92 Å². The number of aliphatic imine (C=N–C) groups is 1. The van der Waals surface area contributed by atoms with E-state index in [1.165, 1.54) is 55.5 Å². The number of nitrogens with two attached hydrogens (primary N) is 4. The minimum atomic E-state index is -1.78. The molecule has 0 spiro atoms. The maximum absolute atomic E-state index is 14.1. The van der Waals surface area contributed by atoms with Crippen LogP contribution in [0.1, 0.15) is 76.8 Å². The van der Waals surface area contributed by atoms with Gasteiger partial charge >= 0.3 is 5.97 Å². The van der Waals surface area contributed by atoms with Crippen LogP contribution in [-0.2, 0) is 51.2 Å². The second-order valence-electron chi connectivity index (χ2n) is 15.7. The van der Waals surface area contributed by atoms with E-state index in [4.69, 9.17) is 22.9 Å². The van der Waals surface area contributed by atoms with Gasteiger partial charge in [0.1, 0.15) is 47.8 Å². The van der Waals surface area contributed by atoms with E-state index < -0.39 is 90.0 Å². The number of benzene rings is 2. The molecule has 2 rings (SSSR count). The van der Waals surface area contributed by atoms with Crippen molar-refractivity contribution in [2.75, 3.05) is 13.1 Å². The number of aliphatic carboxylic acids is 1. The zero-order chi connectivity index (χ0) is 47.9. The van der Waals surface area contributed by atoms with Gasteiger partial charge in [0.05, 0.1) is 6.42 Å². The highest BCUT2D eigenvalue weighted by atomic mass is 16.4. The van der Waals surface area contributed by atoms with Crippen molar-refractivity contribution in [3.8, 4) is 11.5 Å². The molecule has 7 amide bonds. The fourth-order valence-corrected chi connectivity index (χ4v) is 6.40. The number of phenolic OH excluding ortho intramolecular Hbond substituents is 2. The molecule has 0 aliphatic carbocycles. The summed E-state index contributed by atoms with van der Waals surface area (Å²) in [4.78, 5) is 109. The zero-order valence-corrected chi connectivity index (χ0v) is 36.3. The molecule has 2 aromatic carbocycles. The van der Waals surface area contributed by atoms with Gasteiger partial charge in [-0.1, -0.05) is 38.1 Å². The molecule has 22 heteroatoms. The molecule has 22 nitrogen and oxygen atoms in total. The molecular weight excluding hydrogens is 835 g/mol. The van der Waals surface area contributed by atoms with Gasteiger partial charge in [-0.25, -0.2) is 0 Å². The van der Waals surface area contributed by atoms with E-state index in [0.717, 1.165) is 0 Å². The molecule has 0 aromatic heterocycles. The smallest absolute Gasteiger partial charge is 0.305 e. The van der Waals surface area contributed by atoms with Crippen molar-refractivity contribution in [2.24, 2.45) is 33.8 Å². The first-order valence-corrected chi connectivity index (χ1v) is 20.8. The van der Waals surface area contributed by atoms with Gasteiger partial charge in [-0.05, 0) is 86.4 Å². The SMILES string of the molecule is CC(=O)N[C@@H](CCCN=C(N)N)C(=O)N[C@@H](CCCCN)C(=O)N[C@@H](CC(C)C)C(=O)N[C@@H](Cc1ccc(O)cc1)C(=O)N[C@@H](CC(=O)O)C(=O)N[C@@H](Cc1ccc(O)cc1)C(N)=O. The molecule has 352 valence electrons. The summed E-state index contributed by atoms with van der Waals surface area (Å²) < 4.78 is 0. The molecule has 0 fully saturated rings. The van der Waals surface area contributed by atoms with Crippen LogP contribution in [0.4, 0.5) is 0 Å². The normalized spacial score (nSPS) is 13.7. The van der Waals surface area contributed by atoms with Crippen LogP contribution in [0.25, 0.3) is 0 Å². The first kappa shape index (κ1) is 53.2. The Labute approximate surface area is 371 Å². The fraction of sp³-hybridized carbons (Fsp3) is 0.500. The third-order valence-electron chi connectivity index (χ3n) is 9.62. The molecular formula is C42H63N11O11. The molecule has 0 aliphatic rings. The predicted molar refractivity (Wildman–Crippen MR) is 235 cm³/mol. The number of carboxylic acids is 1. The summed E-state index contributed by atoms with van der Waals surface area (Å²) in [6.45, 7) is 5.27. The summed E-state index contributed by atoms with van der Waals surface area (Å²) in [5, 5.41) is 44.4. The average Bonchev–Trinajstić information content (AvgIpc) is 3.21. The van der Waals surface area contributed by atoms with Crippen LogP contribution in [0.3, 0.4) is 0 Å². The van der Waals surface area contributed by atoms with E-state index in [1.54, 1.807) is 13.8 Å². The van der Waals surface area contributed by atoms with Gasteiger partial charge in [-0.15, -0.1) is 0 Å². The lowest BCUT2D eigenvalue weighted by molar-refractivity contribution is -0.141. The first-order valence-electron chi connectivity index (χ1n) is 20.8. The third kappa shape index (κ3) is 20.3. The molecule has 0 aliphatic heterocycles. The molecule has 0 saturated heterocycles. The largest absolute Gasteiger partial charge is 0.508 e. The number of rotatable bonds is 28. The monoisotopic (exact) mass is 897 g/mol. The Balaban J connectivity index is 2.42. The van der Waals surface area contributed by atoms with Crippen molar-refractivity contribution in [1.82, 2.24) is 31.9 Å². The number of carbonyl (C=O) groups is 8. The number of carbonyl (C=O) groups excluding carboxylic acids is 7. The van der Waals surface area contributed by atoms with Gasteiger partial charge in [0.15, 0.2) is 5.96 Å². The number of unbranched alkanes of at least 4 members (excludes halogenated alkanes) is 1. The van der Waals surface area contributed by atoms with E-state index in [9.17, 15) is 53.7 Å². The minimum Gasteiger partial charge on any atom is -0.508 e. The molecule has 17 N–H and O–H groups in total. The highest BCUT2D eigenvalue weighted by Gasteiger charge is 2.34. The number of guanidine groups is 1. The van der Waals surface area contributed by atoms with Crippen LogP contribution in [0.2, 0.25) is 0 Å². The summed E-state index contributed by atoms with van der Waals surface area (Å²) in [5.41, 5.74) is 22.9. The van der Waals surface area contributed by atoms with Crippen LogP contribution in [-0.4, -0.2) is 118 Å². The van der Waals surface area contributed by atoms with Crippen LogP contribution < -0.4 is 54.8 Å². The molecule has 2 aromatic rings. The van der Waals surface area contributed by atoms with E-state index in [2.05, 4.69) is 36.9 Å². The van der Waals surface area contributed by atoms with Gasteiger partial charge in [0.2, 0.25) is 41.4 Å². The van der Waals surface area contributed by atoms with Gasteiger partial charge < -0.3 is 70.2 Å². The summed E-state index contributed by atoms with van der Waals surface area (Å²) in [5.74, 6) is -7.80. The Bertz CT molecular complexity index is 1920. The number of aromatic hydroxyl groups is 2. The molecule has 0 bridgehead atoms. The van der Waals surface area contributed by atoms with Crippen molar-refractivity contribution in [2.45, 2.75) is 115 Å². The third-order valence-corrected chi connectivity index (χ3v) is 9.62. The standard InChI is InChI=1S/C42H63N11O11/c1-23(2)19-32(51-38(61)30(7-4-5-17-43)49-37(60)29(48-24(3)54)8-6-18-47-42(45)46)39(62)52-33(21-26-11-15-28(56)16-12-26)40(63)53-34(22-35(57)58)41(64)50-31(36(44)59)20-25-9-13-27(55)14-10-25/h9-16,23,29-34,55-56H,4-8,17-22,43H2,1-3H3,(H2,44,59)(H,48,54)(H,49,60)(H,50,64)(H,51,61)(H,52,62)(H,53,63)(H,57,58)(H4,45,46,47)/t29-,30-,31-,32-,33-,34-/m0/s1. The van der Waals surface area contributed by atoms with Crippen LogP contribution >= 0.6 is 0 Å². The second-order valence-corrected chi connectivity index (χ2v) is 15.7. The van der Waals surface area contributed by atoms with E-state index in [1.807, 2.05) is 0 Å². The van der Waals surface area contributed by atoms with Crippen molar-refractivity contribution in [1.29, 1.82) is 0 Å². The molecule has 0 radical (unpaired) electrons. The van der Waals surface area contributed by atoms with E-state index in [-0.39, 0.29) is 62.0 Å². The number of hydrogen-bond acceptors (Lipinski definition) is 12. The summed E-state index contributed by atoms with van der Waals surface area (Å²) in [6, 6.07) is 3.13. The Morgan fingerprint density at radius 2 is 1.00 bits per heavy atom. The Morgan fingerprint density at radius 3 is 1.48 bits per heavy atom. The van der Waals surface area contributed by atoms with Gasteiger partial charge in [-0.3, -0.25) is 43.3 Å². The summed E-state index contributed by atoms with van der Waals surface area (Å²) in [7, 11) is 0. The predicted octanol–water partition coefficient (Wildman–Crippen LogP) is -2.00. The number of primary amides is 1. The highest BCUT2D eigenvalue weighted by Crippen LogP contribution is 2.15. The van der Waals surface area contributed by atoms with E-state index >= 15 is 0 Å². The number of nitrogens with one attached hydrogen (secondary N) is 6. The first-order chi connectivity index (χ1) is 30.2. The maximum atomic E-state index is 14.1. The molecule has 6 atom stereocenters. The zero-order valence-electron chi connectivity index (χ0n) is 36.3. The minimum absolute atomic E-state index is 0.0482. The lowest BCUT2D eigenvalue weighted by atomic mass is 9.99. The van der Waals surface area contributed by atoms with Gasteiger partial charge in [0.25, 0.3) is 0 Å². The Morgan fingerprint density at radius 1 is 0.578 bits per heavy atom. The molecule has 64 heavy (non-hydrogen) atoms. The number of nitrogens with zero attached hydrogens (tertiary/aromatic N) is 1. The maximum Gasteiger partial charge on any atom is 0.305 e. The summed E-state index contributed by atoms with van der Waals surface area (Å²) >= 11 is 0. The second kappa shape index (κ2) is 27.2. The highest BCUT2D eigenvalue weighted by molar-refractivity contribution is 5.98. The number of phenols is 2. The van der Waals surface area contributed by atoms with Crippen molar-refractivity contribution < 1.29 is 53.7 Å². The van der Waals surface area contributed by atoms with Crippen LogP contribution in [0.5, 0.6) is 11.5 Å². The molecule has 0 unspecified atom stereocenters. The van der Waals surface area contributed by atoms with Gasteiger partial charge in [0, 0.05) is 26.3 Å². The quantitative estimate of drug-likeness (QED) is 0.0250. The van der Waals surface area contributed by atoms with Crippen molar-refractivity contribution in [3.63, 3.8) is 0 Å². The summed E-state index contributed by atoms with van der Waals surface area (Å²) in [6.07, 6.45) is 0.189. The number of carboxylic acid groups (broad SMARTS) is 1. The number of hydrogen-bond donors (Lipinski definition) is 13. The lowest BCUT2D eigenvalue weighted by Gasteiger charge is -2.28. The van der Waals surface area contributed by atoms with Crippen LogP contribution in [0.15, 0.2) is 53.5 Å². The number of amides is 7. The topological polar surface area (TPSA) is 386 Å². The lowest BCUT2D eigenvalue weighted by Crippen LogP contribution is -2.60. The average molecular weight is 898 g/mol. The van der Waals surface area contributed by atoms with E-state index in [0.29, 0.717) is 36.9 Å². The van der Waals surface area contributed by atoms with Crippen molar-refractivity contribution in [3.05, 3.63) is 59.7 Å². The molecule has 0 saturated carbocycles. The van der Waals surface area contributed by atoms with Gasteiger partial charge in [-0.2, -0.15) is 0 Å². The fourth-order valence-electron chi connectivity index (χ4n) is 6.40. The Hall–Kier alpha value is -6.97. The Kier molecular flexibility index (Phi) is 22.6.